The number of hydrogen-bond acceptors (Lipinski definition) is 4. The van der Waals surface area contributed by atoms with E-state index in [2.05, 4.69) is 57.5 Å². The predicted octanol–water partition coefficient (Wildman–Crippen LogP) is 1.46. The molecule has 0 atom stereocenters. The summed E-state index contributed by atoms with van der Waals surface area (Å²) >= 11 is 0. The van der Waals surface area contributed by atoms with E-state index in [1.165, 1.54) is 4.90 Å². The van der Waals surface area contributed by atoms with Crippen molar-refractivity contribution in [3.05, 3.63) is 101 Å². The molecule has 0 heterocycles. The van der Waals surface area contributed by atoms with Crippen LogP contribution in [0, 0.1) is 0 Å². The fourth-order valence-corrected chi connectivity index (χ4v) is 1.63. The molecule has 0 aromatic rings. The van der Waals surface area contributed by atoms with Gasteiger partial charge in [-0.1, -0.05) is 51.1 Å². The van der Waals surface area contributed by atoms with E-state index in [0.717, 1.165) is 51.4 Å². The SMILES string of the molecule is C=CC(=O)O.C=CC(=O)[O-].C=CCN(CC=C)CC=C.C=CC[NH+](CC=C)CC=C. The summed E-state index contributed by atoms with van der Waals surface area (Å²) in [6.07, 6.45) is 13.0. The van der Waals surface area contributed by atoms with Crippen molar-refractivity contribution in [3.8, 4) is 0 Å². The van der Waals surface area contributed by atoms with E-state index in [9.17, 15) is 4.79 Å². The highest BCUT2D eigenvalue weighted by atomic mass is 16.4. The van der Waals surface area contributed by atoms with Crippen LogP contribution in [0.25, 0.3) is 0 Å². The third-order valence-electron chi connectivity index (χ3n) is 2.80. The second-order valence-electron chi connectivity index (χ2n) is 5.38. The van der Waals surface area contributed by atoms with Crippen LogP contribution in [0.5, 0.6) is 0 Å². The number of nitrogens with one attached hydrogen (secondary N) is 1. The van der Waals surface area contributed by atoms with Crippen LogP contribution in [0.3, 0.4) is 0 Å². The van der Waals surface area contributed by atoms with Gasteiger partial charge in [0.2, 0.25) is 0 Å². The van der Waals surface area contributed by atoms with Crippen LogP contribution in [-0.4, -0.2) is 61.2 Å². The Bertz CT molecular complexity index is 444. The zero-order valence-electron chi connectivity index (χ0n) is 18.1. The van der Waals surface area contributed by atoms with Gasteiger partial charge in [-0.3, -0.25) is 4.90 Å². The third-order valence-corrected chi connectivity index (χ3v) is 2.80. The van der Waals surface area contributed by atoms with E-state index in [0.29, 0.717) is 0 Å². The van der Waals surface area contributed by atoms with Gasteiger partial charge in [0, 0.05) is 25.7 Å². The molecule has 0 unspecified atom stereocenters. The molecular formula is C24H38N2O4. The molecule has 0 rings (SSSR count). The molecule has 2 N–H and O–H groups in total. The van der Waals surface area contributed by atoms with Gasteiger partial charge in [0.25, 0.3) is 0 Å². The van der Waals surface area contributed by atoms with Crippen LogP contribution in [-0.2, 0) is 9.59 Å². The fourth-order valence-electron chi connectivity index (χ4n) is 1.63. The number of rotatable bonds is 14. The Morgan fingerprint density at radius 3 is 1.10 bits per heavy atom. The lowest BCUT2D eigenvalue weighted by Crippen LogP contribution is -3.11. The Labute approximate surface area is 182 Å². The zero-order valence-corrected chi connectivity index (χ0v) is 18.1. The smallest absolute Gasteiger partial charge is 0.327 e. The first-order valence-corrected chi connectivity index (χ1v) is 9.14. The molecule has 0 saturated heterocycles. The number of quaternary nitrogens is 1. The number of aliphatic carboxylic acids is 2. The summed E-state index contributed by atoms with van der Waals surface area (Å²) in [5.74, 6) is -2.21. The number of carbonyl (C=O) groups excluding carboxylic acids is 1. The van der Waals surface area contributed by atoms with Gasteiger partial charge in [-0.2, -0.15) is 0 Å². The van der Waals surface area contributed by atoms with Crippen LogP contribution in [0.2, 0.25) is 0 Å². The minimum atomic E-state index is -1.23. The molecular weight excluding hydrogens is 380 g/mol. The van der Waals surface area contributed by atoms with Crippen molar-refractivity contribution in [3.63, 3.8) is 0 Å². The van der Waals surface area contributed by atoms with Crippen molar-refractivity contribution >= 4 is 11.9 Å². The number of carboxylic acids is 2. The van der Waals surface area contributed by atoms with E-state index in [-0.39, 0.29) is 0 Å². The van der Waals surface area contributed by atoms with Crippen LogP contribution < -0.4 is 10.0 Å². The Morgan fingerprint density at radius 2 is 0.967 bits per heavy atom. The second kappa shape index (κ2) is 30.5. The Hall–Kier alpha value is -3.22. The molecule has 6 heteroatoms. The summed E-state index contributed by atoms with van der Waals surface area (Å²) in [6.45, 7) is 33.5. The molecule has 0 radical (unpaired) electrons. The molecule has 0 fully saturated rings. The minimum absolute atomic E-state index is 0.722. The maximum Gasteiger partial charge on any atom is 0.327 e. The molecule has 0 aliphatic carbocycles. The van der Waals surface area contributed by atoms with Gasteiger partial charge in [0.1, 0.15) is 0 Å². The van der Waals surface area contributed by atoms with Crippen molar-refractivity contribution in [2.75, 3.05) is 39.3 Å². The molecule has 0 amide bonds. The number of carboxylic acid groups (broad SMARTS) is 2. The van der Waals surface area contributed by atoms with Gasteiger partial charge in [-0.15, -0.1) is 19.7 Å². The van der Waals surface area contributed by atoms with E-state index >= 15 is 0 Å². The fraction of sp³-hybridized carbons (Fsp3) is 0.250. The lowest BCUT2D eigenvalue weighted by molar-refractivity contribution is -0.881. The Balaban J connectivity index is -0.000000159. The molecule has 0 aromatic carbocycles. The Morgan fingerprint density at radius 1 is 0.700 bits per heavy atom. The van der Waals surface area contributed by atoms with Gasteiger partial charge in [-0.25, -0.2) is 4.79 Å². The summed E-state index contributed by atoms with van der Waals surface area (Å²) < 4.78 is 0. The summed E-state index contributed by atoms with van der Waals surface area (Å²) in [6, 6.07) is 0. The van der Waals surface area contributed by atoms with Crippen LogP contribution in [0.1, 0.15) is 0 Å². The number of nitrogens with zero attached hydrogens (tertiary/aromatic N) is 1. The monoisotopic (exact) mass is 418 g/mol. The maximum absolute atomic E-state index is 9.25. The quantitative estimate of drug-likeness (QED) is 0.330. The Kier molecular flexibility index (Phi) is 34.9. The van der Waals surface area contributed by atoms with Crippen LogP contribution in [0.15, 0.2) is 101 Å². The summed E-state index contributed by atoms with van der Waals surface area (Å²) in [7, 11) is 0. The van der Waals surface area contributed by atoms with Crippen LogP contribution in [0.4, 0.5) is 0 Å². The highest BCUT2D eigenvalue weighted by Gasteiger charge is 1.98. The molecule has 30 heavy (non-hydrogen) atoms. The van der Waals surface area contributed by atoms with E-state index in [1.807, 2.05) is 36.5 Å². The average Bonchev–Trinajstić information content (AvgIpc) is 2.70. The molecule has 6 nitrogen and oxygen atoms in total. The molecule has 0 saturated carbocycles. The largest absolute Gasteiger partial charge is 0.545 e. The number of carbonyl (C=O) groups is 2. The van der Waals surface area contributed by atoms with Gasteiger partial charge in [-0.05, 0) is 24.3 Å². The van der Waals surface area contributed by atoms with Crippen molar-refractivity contribution in [2.24, 2.45) is 0 Å². The van der Waals surface area contributed by atoms with E-state index < -0.39 is 11.9 Å². The van der Waals surface area contributed by atoms with Gasteiger partial charge < -0.3 is 19.9 Å². The minimum Gasteiger partial charge on any atom is -0.545 e. The first kappa shape index (κ1) is 34.3. The lowest BCUT2D eigenvalue weighted by atomic mass is 10.4. The van der Waals surface area contributed by atoms with Gasteiger partial charge >= 0.3 is 5.97 Å². The van der Waals surface area contributed by atoms with E-state index in [1.54, 1.807) is 0 Å². The lowest BCUT2D eigenvalue weighted by Gasteiger charge is -2.15. The van der Waals surface area contributed by atoms with Crippen molar-refractivity contribution in [1.29, 1.82) is 0 Å². The molecule has 0 aliphatic heterocycles. The normalized spacial score (nSPS) is 8.33. The maximum atomic E-state index is 9.25. The molecule has 0 aromatic heterocycles. The van der Waals surface area contributed by atoms with Crippen molar-refractivity contribution < 1.29 is 24.7 Å². The standard InChI is InChI=1S/2C9H15N.2C3H4O2/c2*1-4-7-10(8-5-2)9-6-3;2*1-2-3(4)5/h2*4-6H,1-3,7-9H2;2*2H,1H2,(H,4,5). The van der Waals surface area contributed by atoms with Gasteiger partial charge in [0.05, 0.1) is 25.6 Å². The molecule has 0 bridgehead atoms. The highest BCUT2D eigenvalue weighted by Crippen LogP contribution is 1.88. The first-order valence-electron chi connectivity index (χ1n) is 9.14. The molecule has 0 spiro atoms. The topological polar surface area (TPSA) is 85.1 Å². The summed E-state index contributed by atoms with van der Waals surface area (Å²) in [5.41, 5.74) is 0. The highest BCUT2D eigenvalue weighted by molar-refractivity contribution is 5.78. The van der Waals surface area contributed by atoms with Gasteiger partial charge in [0.15, 0.2) is 0 Å². The first-order chi connectivity index (χ1) is 14.2. The van der Waals surface area contributed by atoms with Crippen LogP contribution >= 0.6 is 0 Å². The van der Waals surface area contributed by atoms with Crippen molar-refractivity contribution in [2.45, 2.75) is 0 Å². The predicted molar refractivity (Wildman–Crippen MR) is 126 cm³/mol. The average molecular weight is 419 g/mol. The number of hydrogen-bond donors (Lipinski definition) is 2. The second-order valence-corrected chi connectivity index (χ2v) is 5.38. The zero-order chi connectivity index (χ0) is 24.2. The molecule has 168 valence electrons. The van der Waals surface area contributed by atoms with E-state index in [4.69, 9.17) is 15.0 Å². The summed E-state index contributed by atoms with van der Waals surface area (Å²) in [4.78, 5) is 22.0. The third kappa shape index (κ3) is 39.7. The van der Waals surface area contributed by atoms with Crippen molar-refractivity contribution in [1.82, 2.24) is 4.90 Å². The molecule has 0 aliphatic rings. The summed E-state index contributed by atoms with van der Waals surface area (Å²) in [5, 5.41) is 16.7.